The van der Waals surface area contributed by atoms with Gasteiger partial charge in [0.2, 0.25) is 0 Å². The van der Waals surface area contributed by atoms with Gasteiger partial charge in [-0.05, 0) is 31.9 Å². The van der Waals surface area contributed by atoms with Crippen molar-refractivity contribution in [2.75, 3.05) is 46.6 Å². The third-order valence-electron chi connectivity index (χ3n) is 3.69. The molecular formula is C19H31IN4O2S. The van der Waals surface area contributed by atoms with Crippen LogP contribution in [0.25, 0.3) is 10.2 Å². The molecule has 0 bridgehead atoms. The van der Waals surface area contributed by atoms with Gasteiger partial charge in [-0.1, -0.05) is 12.1 Å². The first-order chi connectivity index (χ1) is 12.8. The van der Waals surface area contributed by atoms with Gasteiger partial charge in [0.05, 0.1) is 28.4 Å². The fraction of sp³-hybridized carbons (Fsp3) is 0.579. The van der Waals surface area contributed by atoms with E-state index in [1.165, 1.54) is 9.71 Å². The fourth-order valence-corrected chi connectivity index (χ4v) is 3.42. The Labute approximate surface area is 183 Å². The third-order valence-corrected chi connectivity index (χ3v) is 4.79. The van der Waals surface area contributed by atoms with Gasteiger partial charge >= 0.3 is 0 Å². The number of guanidine groups is 1. The standard InChI is InChI=1S/C19H30N4O2S.HI/c1-3-20-19(22-12-7-13-25-15-14-24-2)21-11-6-10-18-23-16-8-4-5-9-17(16)26-18;/h4-5,8-9H,3,6-7,10-15H2,1-2H3,(H2,20,21,22);1H. The van der Waals surface area contributed by atoms with Crippen molar-refractivity contribution in [2.24, 2.45) is 4.99 Å². The number of nitrogens with one attached hydrogen (secondary N) is 2. The molecule has 0 saturated carbocycles. The van der Waals surface area contributed by atoms with Gasteiger partial charge in [0.25, 0.3) is 0 Å². The summed E-state index contributed by atoms with van der Waals surface area (Å²) in [5.41, 5.74) is 1.10. The summed E-state index contributed by atoms with van der Waals surface area (Å²) in [4.78, 5) is 9.31. The average molecular weight is 506 g/mol. The molecule has 2 N–H and O–H groups in total. The van der Waals surface area contributed by atoms with Crippen LogP contribution in [-0.4, -0.2) is 57.5 Å². The van der Waals surface area contributed by atoms with Gasteiger partial charge in [0, 0.05) is 39.8 Å². The molecule has 1 aromatic carbocycles. The molecule has 152 valence electrons. The van der Waals surface area contributed by atoms with Gasteiger partial charge in [-0.15, -0.1) is 35.3 Å². The Morgan fingerprint density at radius 3 is 2.78 bits per heavy atom. The van der Waals surface area contributed by atoms with Crippen molar-refractivity contribution in [3.05, 3.63) is 29.3 Å². The van der Waals surface area contributed by atoms with Crippen LogP contribution in [0, 0.1) is 0 Å². The van der Waals surface area contributed by atoms with E-state index in [1.54, 1.807) is 18.4 Å². The van der Waals surface area contributed by atoms with Gasteiger partial charge in [0.1, 0.15) is 0 Å². The highest BCUT2D eigenvalue weighted by atomic mass is 127. The van der Waals surface area contributed by atoms with Crippen LogP contribution in [0.5, 0.6) is 0 Å². The highest BCUT2D eigenvalue weighted by Crippen LogP contribution is 2.22. The summed E-state index contributed by atoms with van der Waals surface area (Å²) in [6.07, 6.45) is 2.91. The lowest BCUT2D eigenvalue weighted by Crippen LogP contribution is -2.38. The smallest absolute Gasteiger partial charge is 0.191 e. The number of methoxy groups -OCH3 is 1. The molecule has 0 aliphatic carbocycles. The van der Waals surface area contributed by atoms with Gasteiger partial charge in [-0.3, -0.25) is 4.99 Å². The van der Waals surface area contributed by atoms with Crippen LogP contribution in [0.1, 0.15) is 24.8 Å². The number of ether oxygens (including phenoxy) is 2. The van der Waals surface area contributed by atoms with E-state index in [4.69, 9.17) is 9.47 Å². The molecule has 1 heterocycles. The Balaban J connectivity index is 0.00000364. The van der Waals surface area contributed by atoms with E-state index < -0.39 is 0 Å². The summed E-state index contributed by atoms with van der Waals surface area (Å²) >= 11 is 1.78. The molecule has 2 aromatic rings. The number of hydrogen-bond donors (Lipinski definition) is 2. The Morgan fingerprint density at radius 2 is 2.00 bits per heavy atom. The number of benzene rings is 1. The number of aliphatic imine (C=N–C) groups is 1. The zero-order valence-electron chi connectivity index (χ0n) is 16.2. The van der Waals surface area contributed by atoms with Crippen LogP contribution in [0.15, 0.2) is 29.3 Å². The molecule has 2 rings (SSSR count). The summed E-state index contributed by atoms with van der Waals surface area (Å²) in [5, 5.41) is 7.81. The Morgan fingerprint density at radius 1 is 1.15 bits per heavy atom. The number of nitrogens with zero attached hydrogens (tertiary/aromatic N) is 2. The van der Waals surface area contributed by atoms with Gasteiger partial charge in [0.15, 0.2) is 5.96 Å². The van der Waals surface area contributed by atoms with Crippen molar-refractivity contribution >= 4 is 51.5 Å². The van der Waals surface area contributed by atoms with Gasteiger partial charge in [-0.25, -0.2) is 4.98 Å². The van der Waals surface area contributed by atoms with Crippen molar-refractivity contribution in [1.29, 1.82) is 0 Å². The van der Waals surface area contributed by atoms with Crippen molar-refractivity contribution in [1.82, 2.24) is 15.6 Å². The first kappa shape index (κ1) is 24.1. The van der Waals surface area contributed by atoms with Crippen LogP contribution in [0.3, 0.4) is 0 Å². The van der Waals surface area contributed by atoms with E-state index in [2.05, 4.69) is 45.7 Å². The fourth-order valence-electron chi connectivity index (χ4n) is 2.42. The molecule has 0 aliphatic rings. The minimum atomic E-state index is 0. The predicted octanol–water partition coefficient (Wildman–Crippen LogP) is 3.46. The quantitative estimate of drug-likeness (QED) is 0.200. The van der Waals surface area contributed by atoms with Crippen molar-refractivity contribution in [3.8, 4) is 0 Å². The lowest BCUT2D eigenvalue weighted by atomic mass is 10.3. The molecular weight excluding hydrogens is 475 g/mol. The number of hydrogen-bond acceptors (Lipinski definition) is 5. The van der Waals surface area contributed by atoms with E-state index in [-0.39, 0.29) is 24.0 Å². The Bertz CT molecular complexity index is 633. The molecule has 0 fully saturated rings. The number of rotatable bonds is 12. The number of aryl methyl sites for hydroxylation is 1. The molecule has 0 amide bonds. The molecule has 0 unspecified atom stereocenters. The normalized spacial score (nSPS) is 11.4. The molecule has 27 heavy (non-hydrogen) atoms. The summed E-state index contributed by atoms with van der Waals surface area (Å²) in [6.45, 7) is 6.59. The second kappa shape index (κ2) is 15.0. The largest absolute Gasteiger partial charge is 0.382 e. The molecule has 6 nitrogen and oxygen atoms in total. The molecule has 1 aromatic heterocycles. The number of aromatic nitrogens is 1. The van der Waals surface area contributed by atoms with E-state index in [9.17, 15) is 0 Å². The second-order valence-corrected chi connectivity index (χ2v) is 6.94. The monoisotopic (exact) mass is 506 g/mol. The summed E-state index contributed by atoms with van der Waals surface area (Å²) in [5.74, 6) is 0.869. The molecule has 0 spiro atoms. The van der Waals surface area contributed by atoms with Gasteiger partial charge < -0.3 is 20.1 Å². The maximum atomic E-state index is 5.46. The zero-order valence-corrected chi connectivity index (χ0v) is 19.3. The number of fused-ring (bicyclic) bond motifs is 1. The zero-order chi connectivity index (χ0) is 18.5. The van der Waals surface area contributed by atoms with Crippen molar-refractivity contribution in [3.63, 3.8) is 0 Å². The molecule has 0 atom stereocenters. The maximum Gasteiger partial charge on any atom is 0.191 e. The average Bonchev–Trinajstić information content (AvgIpc) is 3.07. The molecule has 0 saturated heterocycles. The molecule has 0 radical (unpaired) electrons. The van der Waals surface area contributed by atoms with E-state index in [0.717, 1.165) is 57.0 Å². The first-order valence-corrected chi connectivity index (χ1v) is 10.1. The lowest BCUT2D eigenvalue weighted by molar-refractivity contribution is 0.0698. The lowest BCUT2D eigenvalue weighted by Gasteiger charge is -2.11. The van der Waals surface area contributed by atoms with Crippen LogP contribution < -0.4 is 10.6 Å². The Hall–Kier alpha value is -0.970. The molecule has 0 aliphatic heterocycles. The van der Waals surface area contributed by atoms with E-state index in [0.29, 0.717) is 13.2 Å². The SMILES string of the molecule is CCNC(=NCCCc1nc2ccccc2s1)NCCCOCCOC.I. The molecule has 8 heteroatoms. The van der Waals surface area contributed by atoms with Crippen LogP contribution in [0.4, 0.5) is 0 Å². The minimum absolute atomic E-state index is 0. The van der Waals surface area contributed by atoms with Crippen LogP contribution in [-0.2, 0) is 15.9 Å². The highest BCUT2D eigenvalue weighted by Gasteiger charge is 2.03. The van der Waals surface area contributed by atoms with Crippen LogP contribution >= 0.6 is 35.3 Å². The third kappa shape index (κ3) is 9.68. The van der Waals surface area contributed by atoms with E-state index in [1.807, 2.05) is 6.07 Å². The topological polar surface area (TPSA) is 67.8 Å². The van der Waals surface area contributed by atoms with Crippen molar-refractivity contribution in [2.45, 2.75) is 26.2 Å². The summed E-state index contributed by atoms with van der Waals surface area (Å²) < 4.78 is 11.7. The van der Waals surface area contributed by atoms with E-state index >= 15 is 0 Å². The minimum Gasteiger partial charge on any atom is -0.382 e. The number of para-hydroxylation sites is 1. The first-order valence-electron chi connectivity index (χ1n) is 9.26. The predicted molar refractivity (Wildman–Crippen MR) is 125 cm³/mol. The highest BCUT2D eigenvalue weighted by molar-refractivity contribution is 14.0. The second-order valence-electron chi connectivity index (χ2n) is 5.83. The summed E-state index contributed by atoms with van der Waals surface area (Å²) in [6, 6.07) is 8.29. The summed E-state index contributed by atoms with van der Waals surface area (Å²) in [7, 11) is 1.68. The van der Waals surface area contributed by atoms with Crippen molar-refractivity contribution < 1.29 is 9.47 Å². The van der Waals surface area contributed by atoms with Crippen LogP contribution in [0.2, 0.25) is 0 Å². The Kier molecular flexibility index (Phi) is 13.4. The maximum absolute atomic E-state index is 5.46. The van der Waals surface area contributed by atoms with Gasteiger partial charge in [-0.2, -0.15) is 0 Å². The number of thiazole rings is 1. The number of halogens is 1.